The Bertz CT molecular complexity index is 553. The summed E-state index contributed by atoms with van der Waals surface area (Å²) in [6.45, 7) is 2.31. The molecular weight excluding hydrogens is 350 g/mol. The van der Waals surface area contributed by atoms with Gasteiger partial charge in [0.2, 0.25) is 5.91 Å². The van der Waals surface area contributed by atoms with Crippen LogP contribution in [0.2, 0.25) is 0 Å². The zero-order valence-corrected chi connectivity index (χ0v) is 15.3. The smallest absolute Gasteiger partial charge is 0.254 e. The molecule has 0 aliphatic carbocycles. The van der Waals surface area contributed by atoms with Crippen molar-refractivity contribution in [1.82, 2.24) is 4.90 Å². The van der Waals surface area contributed by atoms with Gasteiger partial charge in [0.1, 0.15) is 0 Å². The highest BCUT2D eigenvalue weighted by Crippen LogP contribution is 2.14. The molecule has 2 rings (SSSR count). The van der Waals surface area contributed by atoms with Gasteiger partial charge in [0.05, 0.1) is 19.3 Å². The van der Waals surface area contributed by atoms with Gasteiger partial charge in [-0.25, -0.2) is 0 Å². The van der Waals surface area contributed by atoms with Crippen molar-refractivity contribution < 1.29 is 14.3 Å². The first-order valence-electron chi connectivity index (χ1n) is 7.64. The summed E-state index contributed by atoms with van der Waals surface area (Å²) in [5.74, 6) is 0.565. The Hall–Kier alpha value is -1.28. The van der Waals surface area contributed by atoms with Crippen molar-refractivity contribution in [3.8, 4) is 0 Å². The standard InChI is InChI=1S/C16H23N3O3S.ClH/c1-23-10-5-14(17)15(20)18-13-4-2-3-12(11-13)16(21)19-6-8-22-9-7-19;/h2-4,11,14H,5-10,17H2,1H3,(H,18,20);1H/t14-;/m0./s1. The van der Waals surface area contributed by atoms with E-state index in [1.54, 1.807) is 40.9 Å². The average Bonchev–Trinajstić information content (AvgIpc) is 2.60. The Morgan fingerprint density at radius 2 is 2.08 bits per heavy atom. The Kier molecular flexibility index (Phi) is 9.13. The lowest BCUT2D eigenvalue weighted by atomic mass is 10.1. The van der Waals surface area contributed by atoms with Crippen LogP contribution in [0.1, 0.15) is 16.8 Å². The SMILES string of the molecule is CSCC[C@H](N)C(=O)Nc1cccc(C(=O)N2CCOCC2)c1.Cl. The largest absolute Gasteiger partial charge is 0.378 e. The second-order valence-corrected chi connectivity index (χ2v) is 6.35. The third-order valence-electron chi connectivity index (χ3n) is 3.65. The number of benzene rings is 1. The van der Waals surface area contributed by atoms with Crippen molar-refractivity contribution in [2.45, 2.75) is 12.5 Å². The molecule has 1 atom stereocenters. The summed E-state index contributed by atoms with van der Waals surface area (Å²) in [5, 5.41) is 2.78. The Morgan fingerprint density at radius 1 is 1.38 bits per heavy atom. The highest BCUT2D eigenvalue weighted by Gasteiger charge is 2.19. The molecule has 8 heteroatoms. The molecule has 1 aromatic carbocycles. The topological polar surface area (TPSA) is 84.7 Å². The Labute approximate surface area is 152 Å². The maximum atomic E-state index is 12.4. The van der Waals surface area contributed by atoms with Gasteiger partial charge in [0.15, 0.2) is 0 Å². The summed E-state index contributed by atoms with van der Waals surface area (Å²) in [5.41, 5.74) is 7.00. The van der Waals surface area contributed by atoms with E-state index in [0.29, 0.717) is 44.0 Å². The van der Waals surface area contributed by atoms with Gasteiger partial charge in [-0.1, -0.05) is 6.07 Å². The minimum absolute atomic E-state index is 0. The van der Waals surface area contributed by atoms with Crippen molar-refractivity contribution in [1.29, 1.82) is 0 Å². The van der Waals surface area contributed by atoms with Crippen LogP contribution in [-0.4, -0.2) is 61.1 Å². The lowest BCUT2D eigenvalue weighted by Gasteiger charge is -2.27. The molecular formula is C16H24ClN3O3S. The summed E-state index contributed by atoms with van der Waals surface area (Å²) >= 11 is 1.66. The Balaban J connectivity index is 0.00000288. The number of rotatable bonds is 6. The van der Waals surface area contributed by atoms with Gasteiger partial charge in [-0.15, -0.1) is 12.4 Å². The first-order chi connectivity index (χ1) is 11.1. The predicted molar refractivity (Wildman–Crippen MR) is 100 cm³/mol. The monoisotopic (exact) mass is 373 g/mol. The average molecular weight is 374 g/mol. The number of ether oxygens (including phenoxy) is 1. The second kappa shape index (κ2) is 10.6. The quantitative estimate of drug-likeness (QED) is 0.791. The summed E-state index contributed by atoms with van der Waals surface area (Å²) in [6, 6.07) is 6.42. The number of thioether (sulfide) groups is 1. The van der Waals surface area contributed by atoms with E-state index in [1.165, 1.54) is 0 Å². The number of hydrogen-bond donors (Lipinski definition) is 2. The molecule has 0 aromatic heterocycles. The van der Waals surface area contributed by atoms with E-state index >= 15 is 0 Å². The van der Waals surface area contributed by atoms with Crippen molar-refractivity contribution in [3.63, 3.8) is 0 Å². The van der Waals surface area contributed by atoms with Crippen molar-refractivity contribution in [2.75, 3.05) is 43.6 Å². The summed E-state index contributed by atoms with van der Waals surface area (Å²) < 4.78 is 5.25. The number of nitrogens with zero attached hydrogens (tertiary/aromatic N) is 1. The van der Waals surface area contributed by atoms with Crippen LogP contribution in [0.5, 0.6) is 0 Å². The molecule has 0 radical (unpaired) electrons. The van der Waals surface area contributed by atoms with Crippen molar-refractivity contribution >= 4 is 41.7 Å². The number of nitrogens with one attached hydrogen (secondary N) is 1. The van der Waals surface area contributed by atoms with E-state index in [-0.39, 0.29) is 24.2 Å². The van der Waals surface area contributed by atoms with Crippen LogP contribution in [0.25, 0.3) is 0 Å². The van der Waals surface area contributed by atoms with Crippen LogP contribution in [0, 0.1) is 0 Å². The lowest BCUT2D eigenvalue weighted by Crippen LogP contribution is -2.40. The maximum Gasteiger partial charge on any atom is 0.254 e. The van der Waals surface area contributed by atoms with Gasteiger partial charge in [0, 0.05) is 24.3 Å². The number of halogens is 1. The molecule has 1 aliphatic heterocycles. The first-order valence-corrected chi connectivity index (χ1v) is 9.03. The number of nitrogens with two attached hydrogens (primary N) is 1. The van der Waals surface area contributed by atoms with Crippen LogP contribution in [0.3, 0.4) is 0 Å². The number of hydrogen-bond acceptors (Lipinski definition) is 5. The van der Waals surface area contributed by atoms with Crippen LogP contribution in [0.4, 0.5) is 5.69 Å². The van der Waals surface area contributed by atoms with E-state index < -0.39 is 6.04 Å². The molecule has 0 spiro atoms. The van der Waals surface area contributed by atoms with Gasteiger partial charge >= 0.3 is 0 Å². The third-order valence-corrected chi connectivity index (χ3v) is 4.29. The van der Waals surface area contributed by atoms with Crippen LogP contribution in [0.15, 0.2) is 24.3 Å². The fourth-order valence-corrected chi connectivity index (χ4v) is 2.78. The minimum Gasteiger partial charge on any atom is -0.378 e. The molecule has 6 nitrogen and oxygen atoms in total. The van der Waals surface area contributed by atoms with Crippen molar-refractivity contribution in [3.05, 3.63) is 29.8 Å². The van der Waals surface area contributed by atoms with Crippen LogP contribution >= 0.6 is 24.2 Å². The molecule has 3 N–H and O–H groups in total. The molecule has 1 heterocycles. The summed E-state index contributed by atoms with van der Waals surface area (Å²) in [4.78, 5) is 26.2. The molecule has 0 unspecified atom stereocenters. The fourth-order valence-electron chi connectivity index (χ4n) is 2.29. The van der Waals surface area contributed by atoms with Crippen LogP contribution in [-0.2, 0) is 9.53 Å². The molecule has 2 amide bonds. The van der Waals surface area contributed by atoms with E-state index in [4.69, 9.17) is 10.5 Å². The fraction of sp³-hybridized carbons (Fsp3) is 0.500. The summed E-state index contributed by atoms with van der Waals surface area (Å²) in [7, 11) is 0. The summed E-state index contributed by atoms with van der Waals surface area (Å²) in [6.07, 6.45) is 2.60. The molecule has 0 saturated carbocycles. The minimum atomic E-state index is -0.541. The molecule has 1 aliphatic rings. The molecule has 24 heavy (non-hydrogen) atoms. The van der Waals surface area contributed by atoms with E-state index in [9.17, 15) is 9.59 Å². The molecule has 134 valence electrons. The number of carbonyl (C=O) groups is 2. The van der Waals surface area contributed by atoms with Gasteiger partial charge in [-0.2, -0.15) is 11.8 Å². The first kappa shape index (κ1) is 20.8. The van der Waals surface area contributed by atoms with Gasteiger partial charge < -0.3 is 20.7 Å². The Morgan fingerprint density at radius 3 is 2.75 bits per heavy atom. The third kappa shape index (κ3) is 5.98. The van der Waals surface area contributed by atoms with Gasteiger partial charge in [0.25, 0.3) is 5.91 Å². The van der Waals surface area contributed by atoms with Gasteiger partial charge in [-0.05, 0) is 36.6 Å². The molecule has 1 fully saturated rings. The number of anilines is 1. The lowest BCUT2D eigenvalue weighted by molar-refractivity contribution is -0.117. The zero-order valence-electron chi connectivity index (χ0n) is 13.7. The molecule has 0 bridgehead atoms. The van der Waals surface area contributed by atoms with E-state index in [2.05, 4.69) is 5.32 Å². The van der Waals surface area contributed by atoms with E-state index in [0.717, 1.165) is 5.75 Å². The highest BCUT2D eigenvalue weighted by molar-refractivity contribution is 7.98. The second-order valence-electron chi connectivity index (χ2n) is 5.36. The molecule has 1 aromatic rings. The maximum absolute atomic E-state index is 12.4. The van der Waals surface area contributed by atoms with E-state index in [1.807, 2.05) is 6.26 Å². The normalized spacial score (nSPS) is 15.3. The number of carbonyl (C=O) groups excluding carboxylic acids is 2. The number of amides is 2. The number of morpholine rings is 1. The zero-order chi connectivity index (χ0) is 16.7. The van der Waals surface area contributed by atoms with Gasteiger partial charge in [-0.3, -0.25) is 9.59 Å². The highest BCUT2D eigenvalue weighted by atomic mass is 35.5. The van der Waals surface area contributed by atoms with Crippen LogP contribution < -0.4 is 11.1 Å². The predicted octanol–water partition coefficient (Wildman–Crippen LogP) is 1.60. The molecule has 1 saturated heterocycles. The van der Waals surface area contributed by atoms with Crippen molar-refractivity contribution in [2.24, 2.45) is 5.73 Å².